The molecule has 6 nitrogen and oxygen atoms in total. The molecule has 4 N–H and O–H groups in total. The molecule has 0 aromatic carbocycles. The lowest BCUT2D eigenvalue weighted by Gasteiger charge is -2.63. The van der Waals surface area contributed by atoms with E-state index in [9.17, 15) is 20.4 Å². The van der Waals surface area contributed by atoms with Crippen molar-refractivity contribution in [3.8, 4) is 0 Å². The number of hydrogen-bond acceptors (Lipinski definition) is 6. The van der Waals surface area contributed by atoms with E-state index in [4.69, 9.17) is 9.47 Å². The van der Waals surface area contributed by atoms with Crippen LogP contribution in [0, 0.1) is 28.6 Å². The van der Waals surface area contributed by atoms with Crippen molar-refractivity contribution in [3.05, 3.63) is 23.8 Å². The standard InChI is InChI=1S/C27H40O6/c1-15-7-10-26(32-14-15)16(2)27(31)22(33-26)13-25(30)20-6-5-17-11-18(28)12-21(29)24(17,4)19(20)8-9-23(25,27)3/h5,16,18-22,28-31H,1,6-14H2,2-4H3/t16-,18-,19+,20-,21-,22+,23+,24+,25-,26-,27-/m1/s1. The third kappa shape index (κ3) is 2.46. The molecule has 6 heteroatoms. The van der Waals surface area contributed by atoms with Crippen LogP contribution in [0.1, 0.15) is 72.1 Å². The van der Waals surface area contributed by atoms with E-state index in [1.165, 1.54) is 0 Å². The molecule has 1 spiro atoms. The Hall–Kier alpha value is -0.760. The molecule has 6 rings (SSSR count). The van der Waals surface area contributed by atoms with Crippen LogP contribution >= 0.6 is 0 Å². The first-order valence-electron chi connectivity index (χ1n) is 12.9. The van der Waals surface area contributed by atoms with E-state index >= 15 is 0 Å². The number of ether oxygens (including phenoxy) is 2. The summed E-state index contributed by atoms with van der Waals surface area (Å²) in [7, 11) is 0. The van der Waals surface area contributed by atoms with Gasteiger partial charge in [-0.2, -0.15) is 0 Å². The van der Waals surface area contributed by atoms with Crippen molar-refractivity contribution >= 4 is 0 Å². The average Bonchev–Trinajstić information content (AvgIpc) is 3.07. The van der Waals surface area contributed by atoms with Crippen LogP contribution in [0.5, 0.6) is 0 Å². The molecule has 0 radical (unpaired) electrons. The van der Waals surface area contributed by atoms with Crippen molar-refractivity contribution in [1.82, 2.24) is 0 Å². The zero-order valence-electron chi connectivity index (χ0n) is 20.2. The Labute approximate surface area is 196 Å². The second kappa shape index (κ2) is 6.71. The third-order valence-corrected chi connectivity index (χ3v) is 11.6. The van der Waals surface area contributed by atoms with E-state index in [0.717, 1.165) is 24.0 Å². The number of aliphatic hydroxyl groups is 4. The summed E-state index contributed by atoms with van der Waals surface area (Å²) in [6, 6.07) is 0. The highest BCUT2D eigenvalue weighted by Crippen LogP contribution is 2.73. The molecule has 4 aliphatic carbocycles. The molecule has 5 fully saturated rings. The average molecular weight is 461 g/mol. The first-order chi connectivity index (χ1) is 15.4. The van der Waals surface area contributed by atoms with Crippen molar-refractivity contribution in [2.24, 2.45) is 28.6 Å². The molecule has 6 aliphatic rings. The minimum absolute atomic E-state index is 0.0664. The predicted octanol–water partition coefficient (Wildman–Crippen LogP) is 2.83. The minimum atomic E-state index is -1.18. The number of hydrogen-bond donors (Lipinski definition) is 4. The second-order valence-electron chi connectivity index (χ2n) is 12.6. The first kappa shape index (κ1) is 22.7. The van der Waals surface area contributed by atoms with Crippen LogP contribution in [0.4, 0.5) is 0 Å². The molecule has 0 aromatic rings. The van der Waals surface area contributed by atoms with E-state index in [1.54, 1.807) is 0 Å². The van der Waals surface area contributed by atoms with E-state index in [0.29, 0.717) is 45.1 Å². The first-order valence-corrected chi connectivity index (χ1v) is 12.9. The molecule has 2 heterocycles. The molecule has 0 amide bonds. The number of rotatable bonds is 0. The van der Waals surface area contributed by atoms with Gasteiger partial charge in [0.05, 0.1) is 30.5 Å². The maximum absolute atomic E-state index is 12.5. The highest BCUT2D eigenvalue weighted by molar-refractivity contribution is 5.34. The number of aliphatic hydroxyl groups excluding tert-OH is 2. The van der Waals surface area contributed by atoms with Gasteiger partial charge in [-0.1, -0.05) is 44.6 Å². The van der Waals surface area contributed by atoms with Gasteiger partial charge in [-0.3, -0.25) is 0 Å². The monoisotopic (exact) mass is 460 g/mol. The van der Waals surface area contributed by atoms with Crippen molar-refractivity contribution < 1.29 is 29.9 Å². The van der Waals surface area contributed by atoms with Crippen molar-refractivity contribution in [2.45, 2.75) is 107 Å². The Morgan fingerprint density at radius 2 is 1.88 bits per heavy atom. The van der Waals surface area contributed by atoms with Gasteiger partial charge in [0.25, 0.3) is 0 Å². The van der Waals surface area contributed by atoms with Gasteiger partial charge in [-0.25, -0.2) is 0 Å². The molecular weight excluding hydrogens is 420 g/mol. The predicted molar refractivity (Wildman–Crippen MR) is 122 cm³/mol. The summed E-state index contributed by atoms with van der Waals surface area (Å²) in [5.41, 5.74) is -1.26. The number of allylic oxidation sites excluding steroid dienone is 1. The summed E-state index contributed by atoms with van der Waals surface area (Å²) < 4.78 is 12.8. The van der Waals surface area contributed by atoms with E-state index in [1.807, 2.05) is 6.92 Å². The maximum Gasteiger partial charge on any atom is 0.174 e. The van der Waals surface area contributed by atoms with Crippen LogP contribution in [0.2, 0.25) is 0 Å². The van der Waals surface area contributed by atoms with E-state index in [-0.39, 0.29) is 17.8 Å². The molecule has 2 saturated heterocycles. The minimum Gasteiger partial charge on any atom is -0.393 e. The molecular formula is C27H40O6. The molecule has 11 atom stereocenters. The Balaban J connectivity index is 1.38. The second-order valence-corrected chi connectivity index (χ2v) is 12.6. The Bertz CT molecular complexity index is 904. The fourth-order valence-electron chi connectivity index (χ4n) is 9.45. The summed E-state index contributed by atoms with van der Waals surface area (Å²) >= 11 is 0. The third-order valence-electron chi connectivity index (χ3n) is 11.6. The molecule has 184 valence electrons. The Morgan fingerprint density at radius 3 is 2.58 bits per heavy atom. The molecule has 0 bridgehead atoms. The largest absolute Gasteiger partial charge is 0.393 e. The summed E-state index contributed by atoms with van der Waals surface area (Å²) in [5.74, 6) is -1.04. The van der Waals surface area contributed by atoms with Gasteiger partial charge in [-0.05, 0) is 43.9 Å². The van der Waals surface area contributed by atoms with Crippen LogP contribution < -0.4 is 0 Å². The maximum atomic E-state index is 12.5. The zero-order valence-corrected chi connectivity index (χ0v) is 20.2. The highest BCUT2D eigenvalue weighted by atomic mass is 16.7. The van der Waals surface area contributed by atoms with Crippen molar-refractivity contribution in [2.75, 3.05) is 6.61 Å². The van der Waals surface area contributed by atoms with Crippen LogP contribution in [0.3, 0.4) is 0 Å². The summed E-state index contributed by atoms with van der Waals surface area (Å²) in [5, 5.41) is 46.2. The van der Waals surface area contributed by atoms with E-state index < -0.39 is 46.1 Å². The summed E-state index contributed by atoms with van der Waals surface area (Å²) in [6.07, 6.45) is 5.64. The molecule has 2 aliphatic heterocycles. The van der Waals surface area contributed by atoms with Gasteiger partial charge in [0.2, 0.25) is 0 Å². The highest BCUT2D eigenvalue weighted by Gasteiger charge is 2.81. The molecule has 33 heavy (non-hydrogen) atoms. The lowest BCUT2D eigenvalue weighted by Crippen LogP contribution is -2.67. The van der Waals surface area contributed by atoms with Crippen LogP contribution in [0.15, 0.2) is 23.8 Å². The Morgan fingerprint density at radius 1 is 1.12 bits per heavy atom. The SMILES string of the molecule is C=C1CC[C@@]2(OC1)O[C@H]1C[C@@]3(O)[C@@H]4CC=C5C[C@@H](O)C[C@@H](O)[C@]5(C)[C@H]4CC[C@]3(C)[C@@]1(O)[C@@H]2C. The van der Waals surface area contributed by atoms with Gasteiger partial charge < -0.3 is 29.9 Å². The van der Waals surface area contributed by atoms with Gasteiger partial charge in [-0.15, -0.1) is 0 Å². The van der Waals surface area contributed by atoms with Crippen LogP contribution in [0.25, 0.3) is 0 Å². The molecule has 0 unspecified atom stereocenters. The number of fused-ring (bicyclic) bond motifs is 7. The van der Waals surface area contributed by atoms with Crippen LogP contribution in [-0.2, 0) is 9.47 Å². The lowest BCUT2D eigenvalue weighted by molar-refractivity contribution is -0.274. The van der Waals surface area contributed by atoms with Gasteiger partial charge in [0.1, 0.15) is 5.60 Å². The summed E-state index contributed by atoms with van der Waals surface area (Å²) in [6.45, 7) is 10.7. The quantitative estimate of drug-likeness (QED) is 0.415. The molecule has 0 aromatic heterocycles. The molecule has 3 saturated carbocycles. The van der Waals surface area contributed by atoms with Gasteiger partial charge >= 0.3 is 0 Å². The van der Waals surface area contributed by atoms with Crippen LogP contribution in [-0.4, -0.2) is 62.3 Å². The topological polar surface area (TPSA) is 99.4 Å². The van der Waals surface area contributed by atoms with Crippen molar-refractivity contribution in [1.29, 1.82) is 0 Å². The Kier molecular flexibility index (Phi) is 4.61. The van der Waals surface area contributed by atoms with Gasteiger partial charge in [0, 0.05) is 36.0 Å². The fourth-order valence-corrected chi connectivity index (χ4v) is 9.45. The summed E-state index contributed by atoms with van der Waals surface area (Å²) in [4.78, 5) is 0. The zero-order chi connectivity index (χ0) is 23.6. The van der Waals surface area contributed by atoms with Gasteiger partial charge in [0.15, 0.2) is 5.79 Å². The fraction of sp³-hybridized carbons (Fsp3) is 0.852. The van der Waals surface area contributed by atoms with Crippen molar-refractivity contribution in [3.63, 3.8) is 0 Å². The van der Waals surface area contributed by atoms with E-state index in [2.05, 4.69) is 26.5 Å². The lowest BCUT2D eigenvalue weighted by atomic mass is 9.44. The normalized spacial score (nSPS) is 60.1. The smallest absolute Gasteiger partial charge is 0.174 e.